The second-order valence-corrected chi connectivity index (χ2v) is 5.51. The van der Waals surface area contributed by atoms with E-state index < -0.39 is 0 Å². The van der Waals surface area contributed by atoms with Crippen molar-refractivity contribution in [2.75, 3.05) is 42.9 Å². The van der Waals surface area contributed by atoms with E-state index in [2.05, 4.69) is 39.5 Å². The van der Waals surface area contributed by atoms with Crippen LogP contribution < -0.4 is 15.1 Å². The summed E-state index contributed by atoms with van der Waals surface area (Å²) in [5.74, 6) is 0.650. The zero-order valence-electron chi connectivity index (χ0n) is 12.5. The van der Waals surface area contributed by atoms with Gasteiger partial charge in [0.1, 0.15) is 5.82 Å². The van der Waals surface area contributed by atoms with Crippen LogP contribution in [0.15, 0.2) is 54.7 Å². The van der Waals surface area contributed by atoms with Crippen LogP contribution in [0.5, 0.6) is 0 Å². The van der Waals surface area contributed by atoms with Crippen LogP contribution in [0.2, 0.25) is 0 Å². The van der Waals surface area contributed by atoms with Gasteiger partial charge in [0, 0.05) is 11.9 Å². The number of carbonyl (C=O) groups excluding carboxylic acids is 1. The molecule has 5 heteroatoms. The summed E-state index contributed by atoms with van der Waals surface area (Å²) >= 11 is 0. The van der Waals surface area contributed by atoms with Crippen molar-refractivity contribution in [3.63, 3.8) is 0 Å². The molecule has 2 heterocycles. The third-order valence-electron chi connectivity index (χ3n) is 3.93. The fourth-order valence-electron chi connectivity index (χ4n) is 2.75. The fourth-order valence-corrected chi connectivity index (χ4v) is 2.75. The number of hydrogen-bond donors (Lipinski definition) is 2. The summed E-state index contributed by atoms with van der Waals surface area (Å²) < 4.78 is 0. The molecule has 0 unspecified atom stereocenters. The van der Waals surface area contributed by atoms with Crippen LogP contribution in [0, 0.1) is 0 Å². The van der Waals surface area contributed by atoms with Crippen LogP contribution in [0.25, 0.3) is 0 Å². The maximum Gasteiger partial charge on any atom is 0.280 e. The highest BCUT2D eigenvalue weighted by Crippen LogP contribution is 2.12. The first kappa shape index (κ1) is 14.5. The van der Waals surface area contributed by atoms with E-state index in [1.54, 1.807) is 12.3 Å². The van der Waals surface area contributed by atoms with Gasteiger partial charge in [0.15, 0.2) is 6.54 Å². The molecule has 0 atom stereocenters. The number of nitrogens with zero attached hydrogens (tertiary/aromatic N) is 2. The lowest BCUT2D eigenvalue weighted by Crippen LogP contribution is -3.15. The Morgan fingerprint density at radius 2 is 1.82 bits per heavy atom. The molecule has 1 aromatic carbocycles. The molecule has 2 aromatic rings. The number of hydrogen-bond acceptors (Lipinski definition) is 3. The number of rotatable bonds is 4. The summed E-state index contributed by atoms with van der Waals surface area (Å²) in [6, 6.07) is 16.0. The van der Waals surface area contributed by atoms with Crippen molar-refractivity contribution in [3.05, 3.63) is 54.7 Å². The maximum atomic E-state index is 12.0. The zero-order valence-corrected chi connectivity index (χ0v) is 12.5. The minimum Gasteiger partial charge on any atom is -0.360 e. The lowest BCUT2D eigenvalue weighted by atomic mass is 10.2. The quantitative estimate of drug-likeness (QED) is 0.860. The van der Waals surface area contributed by atoms with Crippen molar-refractivity contribution < 1.29 is 9.69 Å². The first-order valence-electron chi connectivity index (χ1n) is 7.66. The SMILES string of the molecule is O=C(C[NH+]1CCN(c2ccccc2)CC1)Nc1ccccn1. The molecule has 0 spiro atoms. The van der Waals surface area contributed by atoms with Crippen molar-refractivity contribution in [2.24, 2.45) is 0 Å². The van der Waals surface area contributed by atoms with Crippen molar-refractivity contribution in [1.82, 2.24) is 4.98 Å². The van der Waals surface area contributed by atoms with Gasteiger partial charge in [0.25, 0.3) is 5.91 Å². The third kappa shape index (κ3) is 3.83. The standard InChI is InChI=1S/C17H20N4O/c22-17(19-16-8-4-5-9-18-16)14-20-10-12-21(13-11-20)15-6-2-1-3-7-15/h1-9H,10-14H2,(H,18,19,22)/p+1. The van der Waals surface area contributed by atoms with Gasteiger partial charge in [-0.25, -0.2) is 4.98 Å². The average Bonchev–Trinajstić information content (AvgIpc) is 2.57. The number of benzene rings is 1. The third-order valence-corrected chi connectivity index (χ3v) is 3.93. The van der Waals surface area contributed by atoms with Crippen molar-refractivity contribution in [2.45, 2.75) is 0 Å². The van der Waals surface area contributed by atoms with Gasteiger partial charge < -0.3 is 15.1 Å². The number of amides is 1. The molecule has 1 saturated heterocycles. The predicted octanol–water partition coefficient (Wildman–Crippen LogP) is 0.425. The second-order valence-electron chi connectivity index (χ2n) is 5.51. The number of quaternary nitrogens is 1. The molecular formula is C17H21N4O+. The zero-order chi connectivity index (χ0) is 15.2. The molecule has 3 rings (SSSR count). The summed E-state index contributed by atoms with van der Waals surface area (Å²) in [5.41, 5.74) is 1.26. The Hall–Kier alpha value is -2.40. The van der Waals surface area contributed by atoms with Gasteiger partial charge in [0.05, 0.1) is 26.2 Å². The van der Waals surface area contributed by atoms with Crippen molar-refractivity contribution in [3.8, 4) is 0 Å². The van der Waals surface area contributed by atoms with E-state index in [0.717, 1.165) is 26.2 Å². The smallest absolute Gasteiger partial charge is 0.280 e. The van der Waals surface area contributed by atoms with E-state index in [1.807, 2.05) is 18.2 Å². The summed E-state index contributed by atoms with van der Waals surface area (Å²) in [6.07, 6.45) is 1.68. The molecule has 2 N–H and O–H groups in total. The minimum absolute atomic E-state index is 0.0295. The second kappa shape index (κ2) is 7.04. The highest BCUT2D eigenvalue weighted by molar-refractivity contribution is 5.90. The summed E-state index contributed by atoms with van der Waals surface area (Å²) in [7, 11) is 0. The van der Waals surface area contributed by atoms with E-state index in [-0.39, 0.29) is 5.91 Å². The summed E-state index contributed by atoms with van der Waals surface area (Å²) in [4.78, 5) is 19.9. The number of piperazine rings is 1. The molecule has 1 fully saturated rings. The van der Waals surface area contributed by atoms with Crippen LogP contribution in [0.3, 0.4) is 0 Å². The van der Waals surface area contributed by atoms with Crippen molar-refractivity contribution >= 4 is 17.4 Å². The maximum absolute atomic E-state index is 12.0. The Kier molecular flexibility index (Phi) is 4.65. The predicted molar refractivity (Wildman–Crippen MR) is 87.1 cm³/mol. The van der Waals surface area contributed by atoms with Gasteiger partial charge in [-0.3, -0.25) is 4.79 Å². The highest BCUT2D eigenvalue weighted by Gasteiger charge is 2.22. The number of anilines is 2. The van der Waals surface area contributed by atoms with Crippen LogP contribution in [-0.2, 0) is 4.79 Å². The van der Waals surface area contributed by atoms with E-state index in [0.29, 0.717) is 12.4 Å². The Morgan fingerprint density at radius 3 is 2.50 bits per heavy atom. The number of nitrogens with one attached hydrogen (secondary N) is 2. The molecule has 1 aliphatic heterocycles. The van der Waals surface area contributed by atoms with E-state index in [4.69, 9.17) is 0 Å². The van der Waals surface area contributed by atoms with Crippen LogP contribution in [0.1, 0.15) is 0 Å². The number of pyridine rings is 1. The Balaban J connectivity index is 1.47. The number of para-hydroxylation sites is 1. The van der Waals surface area contributed by atoms with Gasteiger partial charge >= 0.3 is 0 Å². The molecule has 0 aliphatic carbocycles. The van der Waals surface area contributed by atoms with Crippen LogP contribution >= 0.6 is 0 Å². The largest absolute Gasteiger partial charge is 0.360 e. The molecule has 1 aromatic heterocycles. The van der Waals surface area contributed by atoms with E-state index in [1.165, 1.54) is 10.6 Å². The highest BCUT2D eigenvalue weighted by atomic mass is 16.2. The molecule has 0 bridgehead atoms. The van der Waals surface area contributed by atoms with Crippen molar-refractivity contribution in [1.29, 1.82) is 0 Å². The molecule has 1 aliphatic rings. The number of carbonyl (C=O) groups is 1. The lowest BCUT2D eigenvalue weighted by molar-refractivity contribution is -0.892. The molecule has 22 heavy (non-hydrogen) atoms. The molecule has 5 nitrogen and oxygen atoms in total. The first-order valence-corrected chi connectivity index (χ1v) is 7.66. The monoisotopic (exact) mass is 297 g/mol. The molecule has 114 valence electrons. The summed E-state index contributed by atoms with van der Waals surface area (Å²) in [5, 5.41) is 2.85. The van der Waals surface area contributed by atoms with Gasteiger partial charge in [-0.05, 0) is 24.3 Å². The normalized spacial score (nSPS) is 15.5. The molecule has 0 radical (unpaired) electrons. The Bertz CT molecular complexity index is 595. The van der Waals surface area contributed by atoms with Crippen LogP contribution in [-0.4, -0.2) is 43.6 Å². The van der Waals surface area contributed by atoms with E-state index in [9.17, 15) is 4.79 Å². The number of aromatic nitrogens is 1. The summed E-state index contributed by atoms with van der Waals surface area (Å²) in [6.45, 7) is 4.42. The van der Waals surface area contributed by atoms with Gasteiger partial charge in [-0.2, -0.15) is 0 Å². The molecular weight excluding hydrogens is 276 g/mol. The topological polar surface area (TPSA) is 49.7 Å². The Morgan fingerprint density at radius 1 is 1.09 bits per heavy atom. The molecule has 0 saturated carbocycles. The van der Waals surface area contributed by atoms with Gasteiger partial charge in [0.2, 0.25) is 0 Å². The van der Waals surface area contributed by atoms with Gasteiger partial charge in [-0.1, -0.05) is 24.3 Å². The van der Waals surface area contributed by atoms with E-state index >= 15 is 0 Å². The average molecular weight is 297 g/mol. The minimum atomic E-state index is 0.0295. The van der Waals surface area contributed by atoms with Crippen LogP contribution in [0.4, 0.5) is 11.5 Å². The lowest BCUT2D eigenvalue weighted by Gasteiger charge is -2.33. The Labute approximate surface area is 130 Å². The van der Waals surface area contributed by atoms with Gasteiger partial charge in [-0.15, -0.1) is 0 Å². The first-order chi connectivity index (χ1) is 10.8. The molecule has 1 amide bonds. The fraction of sp³-hybridized carbons (Fsp3) is 0.294.